The van der Waals surface area contributed by atoms with Gasteiger partial charge >= 0.3 is 0 Å². The van der Waals surface area contributed by atoms with E-state index in [-0.39, 0.29) is 0 Å². The number of hydrogen-bond donors (Lipinski definition) is 1. The molecule has 15 heavy (non-hydrogen) atoms. The molecule has 0 bridgehead atoms. The first-order valence-corrected chi connectivity index (χ1v) is 6.13. The Morgan fingerprint density at radius 3 is 2.67 bits per heavy atom. The van der Waals surface area contributed by atoms with Crippen molar-refractivity contribution in [3.8, 4) is 0 Å². The van der Waals surface area contributed by atoms with E-state index in [1.165, 1.54) is 16.0 Å². The molecule has 1 aromatic carbocycles. The highest BCUT2D eigenvalue weighted by Gasteiger charge is 2.00. The largest absolute Gasteiger partial charge is 0.338 e. The maximum atomic E-state index is 2.36. The van der Waals surface area contributed by atoms with Crippen LogP contribution in [0.3, 0.4) is 0 Å². The van der Waals surface area contributed by atoms with Crippen LogP contribution in [0.2, 0.25) is 0 Å². The Morgan fingerprint density at radius 1 is 1.07 bits per heavy atom. The Morgan fingerprint density at radius 2 is 1.93 bits per heavy atom. The van der Waals surface area contributed by atoms with E-state index in [1.807, 2.05) is 11.3 Å². The van der Waals surface area contributed by atoms with Crippen LogP contribution in [0.5, 0.6) is 0 Å². The van der Waals surface area contributed by atoms with Gasteiger partial charge in [0.2, 0.25) is 0 Å². The van der Waals surface area contributed by atoms with Gasteiger partial charge in [0.1, 0.15) is 13.1 Å². The summed E-state index contributed by atoms with van der Waals surface area (Å²) < 4.78 is 0. The molecule has 0 aliphatic rings. The van der Waals surface area contributed by atoms with Gasteiger partial charge in [0.25, 0.3) is 0 Å². The Bertz CT molecular complexity index is 406. The van der Waals surface area contributed by atoms with E-state index in [0.29, 0.717) is 0 Å². The van der Waals surface area contributed by atoms with E-state index >= 15 is 0 Å². The van der Waals surface area contributed by atoms with Crippen LogP contribution >= 0.6 is 11.3 Å². The smallest absolute Gasteiger partial charge is 0.111 e. The molecular weight excluding hydrogens is 202 g/mol. The summed E-state index contributed by atoms with van der Waals surface area (Å²) in [5.41, 5.74) is 2.83. The molecular formula is C13H16NS+. The molecule has 0 unspecified atom stereocenters. The average Bonchev–Trinajstić information content (AvgIpc) is 2.74. The number of benzene rings is 1. The molecule has 1 heterocycles. The maximum absolute atomic E-state index is 2.36. The molecule has 0 aliphatic carbocycles. The Labute approximate surface area is 94.8 Å². The van der Waals surface area contributed by atoms with Crippen LogP contribution < -0.4 is 5.32 Å². The second-order valence-corrected chi connectivity index (χ2v) is 4.74. The van der Waals surface area contributed by atoms with Crippen LogP contribution in [0, 0.1) is 6.92 Å². The van der Waals surface area contributed by atoms with Crippen LogP contribution in [0.25, 0.3) is 0 Å². The second kappa shape index (κ2) is 5.10. The molecule has 0 amide bonds. The lowest BCUT2D eigenvalue weighted by Gasteiger charge is -2.03. The fourth-order valence-electron chi connectivity index (χ4n) is 1.64. The molecule has 1 nitrogen and oxygen atoms in total. The van der Waals surface area contributed by atoms with Crippen molar-refractivity contribution in [1.82, 2.24) is 0 Å². The predicted octanol–water partition coefficient (Wildman–Crippen LogP) is 2.32. The summed E-state index contributed by atoms with van der Waals surface area (Å²) in [6.07, 6.45) is 0. The molecule has 0 saturated heterocycles. The third-order valence-electron chi connectivity index (χ3n) is 2.55. The van der Waals surface area contributed by atoms with Crippen molar-refractivity contribution in [2.45, 2.75) is 20.0 Å². The van der Waals surface area contributed by atoms with Gasteiger partial charge in [0.15, 0.2) is 0 Å². The molecule has 0 atom stereocenters. The number of quaternary nitrogens is 1. The molecule has 2 N–H and O–H groups in total. The molecule has 2 aromatic rings. The van der Waals surface area contributed by atoms with Gasteiger partial charge in [-0.05, 0) is 23.9 Å². The topological polar surface area (TPSA) is 16.6 Å². The van der Waals surface area contributed by atoms with E-state index in [0.717, 1.165) is 13.1 Å². The van der Waals surface area contributed by atoms with Gasteiger partial charge in [0, 0.05) is 5.56 Å². The van der Waals surface area contributed by atoms with Crippen LogP contribution in [0.4, 0.5) is 0 Å². The van der Waals surface area contributed by atoms with Crippen molar-refractivity contribution in [3.63, 3.8) is 0 Å². The summed E-state index contributed by atoms with van der Waals surface area (Å²) in [5, 5.41) is 4.49. The summed E-state index contributed by atoms with van der Waals surface area (Å²) in [4.78, 5) is 1.45. The van der Waals surface area contributed by atoms with E-state index in [9.17, 15) is 0 Å². The van der Waals surface area contributed by atoms with E-state index in [4.69, 9.17) is 0 Å². The van der Waals surface area contributed by atoms with Crippen molar-refractivity contribution in [2.24, 2.45) is 0 Å². The lowest BCUT2D eigenvalue weighted by atomic mass is 10.1. The number of hydrogen-bond acceptors (Lipinski definition) is 1. The first-order chi connectivity index (χ1) is 7.36. The van der Waals surface area contributed by atoms with Gasteiger partial charge in [-0.2, -0.15) is 0 Å². The van der Waals surface area contributed by atoms with Gasteiger partial charge in [-0.15, -0.1) is 11.3 Å². The van der Waals surface area contributed by atoms with E-state index < -0.39 is 0 Å². The first-order valence-electron chi connectivity index (χ1n) is 5.25. The highest BCUT2D eigenvalue weighted by atomic mass is 32.1. The van der Waals surface area contributed by atoms with Crippen molar-refractivity contribution >= 4 is 11.3 Å². The summed E-state index contributed by atoms with van der Waals surface area (Å²) in [6.45, 7) is 4.34. The normalized spacial score (nSPS) is 10.5. The molecule has 0 saturated carbocycles. The molecule has 2 heteroatoms. The van der Waals surface area contributed by atoms with Gasteiger partial charge in [-0.25, -0.2) is 0 Å². The molecule has 78 valence electrons. The minimum Gasteiger partial charge on any atom is -0.338 e. The summed E-state index contributed by atoms with van der Waals surface area (Å²) in [6, 6.07) is 12.9. The van der Waals surface area contributed by atoms with Crippen LogP contribution in [-0.2, 0) is 13.1 Å². The number of rotatable bonds is 4. The Balaban J connectivity index is 1.86. The fraction of sp³-hybridized carbons (Fsp3) is 0.231. The monoisotopic (exact) mass is 218 g/mol. The van der Waals surface area contributed by atoms with Crippen molar-refractivity contribution in [1.29, 1.82) is 0 Å². The van der Waals surface area contributed by atoms with Crippen LogP contribution in [0.15, 0.2) is 41.8 Å². The zero-order valence-corrected chi connectivity index (χ0v) is 9.76. The zero-order chi connectivity index (χ0) is 10.5. The molecule has 0 fully saturated rings. The highest BCUT2D eigenvalue weighted by Crippen LogP contribution is 2.07. The van der Waals surface area contributed by atoms with E-state index in [1.54, 1.807) is 0 Å². The fourth-order valence-corrected chi connectivity index (χ4v) is 2.34. The molecule has 0 spiro atoms. The Hall–Kier alpha value is -1.12. The Kier molecular flexibility index (Phi) is 3.54. The van der Waals surface area contributed by atoms with Gasteiger partial charge in [-0.3, -0.25) is 0 Å². The summed E-state index contributed by atoms with van der Waals surface area (Å²) >= 11 is 1.83. The third-order valence-corrected chi connectivity index (χ3v) is 3.45. The average molecular weight is 218 g/mol. The SMILES string of the molecule is Cc1ccccc1C[NH2+]Cc1cccs1. The van der Waals surface area contributed by atoms with Crippen LogP contribution in [-0.4, -0.2) is 0 Å². The minimum atomic E-state index is 1.07. The number of nitrogens with two attached hydrogens (primary N) is 1. The molecule has 2 rings (SSSR count). The molecule has 0 aliphatic heterocycles. The number of thiophene rings is 1. The highest BCUT2D eigenvalue weighted by molar-refractivity contribution is 7.09. The van der Waals surface area contributed by atoms with Crippen LogP contribution in [0.1, 0.15) is 16.0 Å². The maximum Gasteiger partial charge on any atom is 0.111 e. The van der Waals surface area contributed by atoms with Gasteiger partial charge < -0.3 is 5.32 Å². The lowest BCUT2D eigenvalue weighted by Crippen LogP contribution is -2.80. The van der Waals surface area contributed by atoms with Gasteiger partial charge in [-0.1, -0.05) is 30.3 Å². The summed E-state index contributed by atoms with van der Waals surface area (Å²) in [5.74, 6) is 0. The second-order valence-electron chi connectivity index (χ2n) is 3.70. The number of aryl methyl sites for hydroxylation is 1. The zero-order valence-electron chi connectivity index (χ0n) is 8.94. The lowest BCUT2D eigenvalue weighted by molar-refractivity contribution is -0.685. The quantitative estimate of drug-likeness (QED) is 0.811. The first kappa shape index (κ1) is 10.4. The van der Waals surface area contributed by atoms with Gasteiger partial charge in [0.05, 0.1) is 4.88 Å². The van der Waals surface area contributed by atoms with Crippen molar-refractivity contribution in [3.05, 3.63) is 57.8 Å². The standard InChI is InChI=1S/C13H15NS/c1-11-5-2-3-6-12(11)9-14-10-13-7-4-8-15-13/h2-8,14H,9-10H2,1H3/p+1. The van der Waals surface area contributed by atoms with Crippen molar-refractivity contribution in [2.75, 3.05) is 0 Å². The van der Waals surface area contributed by atoms with E-state index in [2.05, 4.69) is 54.0 Å². The minimum absolute atomic E-state index is 1.07. The molecule has 0 radical (unpaired) electrons. The summed E-state index contributed by atoms with van der Waals surface area (Å²) in [7, 11) is 0. The molecule has 1 aromatic heterocycles. The predicted molar refractivity (Wildman–Crippen MR) is 64.8 cm³/mol. The third kappa shape index (κ3) is 2.91. The van der Waals surface area contributed by atoms with Crippen molar-refractivity contribution < 1.29 is 5.32 Å².